The van der Waals surface area contributed by atoms with Gasteiger partial charge in [-0.2, -0.15) is 18.4 Å². The molecule has 0 saturated heterocycles. The van der Waals surface area contributed by atoms with Crippen LogP contribution in [0.25, 0.3) is 0 Å². The van der Waals surface area contributed by atoms with Gasteiger partial charge in [-0.1, -0.05) is 12.1 Å². The SMILES string of the molecule is COC(=O)C1=C(C)N(c2cccc(C(F)(F)F)c2)c2n[nH]c(=O)n2[C@@H]1c1ccc(C#N)cc1CN(C)C. The third kappa shape index (κ3) is 4.61. The molecule has 1 atom stereocenters. The number of nitriles is 1. The van der Waals surface area contributed by atoms with E-state index in [-0.39, 0.29) is 22.9 Å². The van der Waals surface area contributed by atoms with E-state index in [1.807, 2.05) is 19.0 Å². The molecule has 3 aromatic rings. The number of rotatable bonds is 5. The number of anilines is 2. The lowest BCUT2D eigenvalue weighted by atomic mass is 9.90. The number of carbonyl (C=O) groups excluding carboxylic acids is 1. The molecule has 12 heteroatoms. The number of alkyl halides is 3. The van der Waals surface area contributed by atoms with Crippen LogP contribution in [-0.2, 0) is 22.3 Å². The first-order chi connectivity index (χ1) is 17.5. The van der Waals surface area contributed by atoms with Crippen LogP contribution in [0.15, 0.2) is 58.5 Å². The molecule has 1 aliphatic rings. The van der Waals surface area contributed by atoms with Crippen LogP contribution < -0.4 is 10.6 Å². The number of hydrogen-bond donors (Lipinski definition) is 1. The van der Waals surface area contributed by atoms with Crippen LogP contribution in [0, 0.1) is 11.3 Å². The molecule has 0 amide bonds. The normalized spacial score (nSPS) is 15.5. The Morgan fingerprint density at radius 3 is 2.59 bits per heavy atom. The van der Waals surface area contributed by atoms with Crippen LogP contribution >= 0.6 is 0 Å². The molecule has 1 N–H and O–H groups in total. The van der Waals surface area contributed by atoms with Crippen molar-refractivity contribution in [3.63, 3.8) is 0 Å². The van der Waals surface area contributed by atoms with Gasteiger partial charge in [-0.3, -0.25) is 4.90 Å². The molecule has 0 fully saturated rings. The number of ether oxygens (including phenoxy) is 1. The molecule has 0 saturated carbocycles. The maximum absolute atomic E-state index is 13.5. The summed E-state index contributed by atoms with van der Waals surface area (Å²) in [5.41, 5.74) is 0.373. The van der Waals surface area contributed by atoms with Crippen molar-refractivity contribution in [2.75, 3.05) is 26.1 Å². The van der Waals surface area contributed by atoms with Crippen molar-refractivity contribution in [3.8, 4) is 6.07 Å². The molecule has 37 heavy (non-hydrogen) atoms. The molecule has 0 radical (unpaired) electrons. The Morgan fingerprint density at radius 1 is 1.24 bits per heavy atom. The van der Waals surface area contributed by atoms with E-state index in [2.05, 4.69) is 16.3 Å². The van der Waals surface area contributed by atoms with Crippen molar-refractivity contribution in [1.82, 2.24) is 19.7 Å². The van der Waals surface area contributed by atoms with Gasteiger partial charge in [0.2, 0.25) is 5.95 Å². The minimum Gasteiger partial charge on any atom is -0.466 e. The predicted molar refractivity (Wildman–Crippen MR) is 128 cm³/mol. The van der Waals surface area contributed by atoms with Crippen molar-refractivity contribution in [2.45, 2.75) is 25.7 Å². The Kier molecular flexibility index (Phi) is 6.66. The summed E-state index contributed by atoms with van der Waals surface area (Å²) in [6, 6.07) is 10.5. The zero-order chi connectivity index (χ0) is 27.1. The molecule has 0 bridgehead atoms. The highest BCUT2D eigenvalue weighted by molar-refractivity contribution is 5.93. The average Bonchev–Trinajstić information content (AvgIpc) is 3.22. The summed E-state index contributed by atoms with van der Waals surface area (Å²) in [5, 5.41) is 15.9. The highest BCUT2D eigenvalue weighted by Crippen LogP contribution is 2.43. The van der Waals surface area contributed by atoms with E-state index in [9.17, 15) is 28.0 Å². The van der Waals surface area contributed by atoms with Gasteiger partial charge in [0.05, 0.1) is 29.9 Å². The molecule has 0 unspecified atom stereocenters. The van der Waals surface area contributed by atoms with Gasteiger partial charge in [-0.25, -0.2) is 19.3 Å². The van der Waals surface area contributed by atoms with Crippen LogP contribution in [0.3, 0.4) is 0 Å². The summed E-state index contributed by atoms with van der Waals surface area (Å²) in [5.74, 6) is -0.766. The number of esters is 1. The first-order valence-corrected chi connectivity index (χ1v) is 11.1. The third-order valence-corrected chi connectivity index (χ3v) is 6.03. The van der Waals surface area contributed by atoms with Crippen LogP contribution in [0.1, 0.15) is 35.2 Å². The Hall–Kier alpha value is -4.37. The molecule has 0 spiro atoms. The van der Waals surface area contributed by atoms with Crippen molar-refractivity contribution >= 4 is 17.6 Å². The molecule has 0 aliphatic carbocycles. The Morgan fingerprint density at radius 2 is 1.97 bits per heavy atom. The Balaban J connectivity index is 2.03. The number of halogens is 3. The molecule has 2 heterocycles. The maximum atomic E-state index is 13.5. The first kappa shape index (κ1) is 25.7. The van der Waals surface area contributed by atoms with Gasteiger partial charge in [-0.15, -0.1) is 5.10 Å². The maximum Gasteiger partial charge on any atom is 0.416 e. The van der Waals surface area contributed by atoms with Crippen molar-refractivity contribution in [1.29, 1.82) is 5.26 Å². The number of carbonyl (C=O) groups is 1. The van der Waals surface area contributed by atoms with Crippen LogP contribution in [0.4, 0.5) is 24.8 Å². The highest BCUT2D eigenvalue weighted by atomic mass is 19.4. The number of nitrogens with zero attached hydrogens (tertiary/aromatic N) is 5. The monoisotopic (exact) mass is 512 g/mol. The van der Waals surface area contributed by atoms with Crippen LogP contribution in [-0.4, -0.2) is 46.8 Å². The van der Waals surface area contributed by atoms with Crippen LogP contribution in [0.2, 0.25) is 0 Å². The van der Waals surface area contributed by atoms with Gasteiger partial charge in [-0.05, 0) is 62.5 Å². The fourth-order valence-corrected chi connectivity index (χ4v) is 4.50. The second-order valence-corrected chi connectivity index (χ2v) is 8.74. The number of benzene rings is 2. The van der Waals surface area contributed by atoms with Gasteiger partial charge >= 0.3 is 17.8 Å². The number of nitrogens with one attached hydrogen (secondary N) is 1. The zero-order valence-electron chi connectivity index (χ0n) is 20.4. The second kappa shape index (κ2) is 9.59. The number of methoxy groups -OCH3 is 1. The molecule has 4 rings (SSSR count). The standard InChI is InChI=1S/C25H23F3N6O3/c1-14-20(22(35)37-4)21(19-9-8-15(12-29)10-16(19)13-32(2)3)34-23(30-31-24(34)36)33(14)18-7-5-6-17(11-18)25(26,27)28/h5-11,21H,13H2,1-4H3,(H,31,36)/t21-/m1/s1. The van der Waals surface area contributed by atoms with E-state index in [1.54, 1.807) is 25.1 Å². The van der Waals surface area contributed by atoms with Gasteiger partial charge in [0.1, 0.15) is 6.04 Å². The minimum atomic E-state index is -4.61. The smallest absolute Gasteiger partial charge is 0.416 e. The summed E-state index contributed by atoms with van der Waals surface area (Å²) >= 11 is 0. The Bertz CT molecular complexity index is 1500. The molecular formula is C25H23F3N6O3. The molecule has 2 aromatic carbocycles. The third-order valence-electron chi connectivity index (χ3n) is 6.03. The number of allylic oxidation sites excluding steroid dienone is 1. The van der Waals surface area contributed by atoms with Gasteiger partial charge in [0.15, 0.2) is 0 Å². The van der Waals surface area contributed by atoms with E-state index >= 15 is 0 Å². The topological polar surface area (TPSA) is 107 Å². The molecule has 1 aliphatic heterocycles. The number of hydrogen-bond acceptors (Lipinski definition) is 7. The number of aromatic amines is 1. The van der Waals surface area contributed by atoms with E-state index < -0.39 is 29.4 Å². The Labute approximate surface area is 210 Å². The lowest BCUT2D eigenvalue weighted by Gasteiger charge is -2.36. The highest BCUT2D eigenvalue weighted by Gasteiger charge is 2.41. The van der Waals surface area contributed by atoms with E-state index in [4.69, 9.17) is 4.74 Å². The lowest BCUT2D eigenvalue weighted by Crippen LogP contribution is -2.38. The fourth-order valence-electron chi connectivity index (χ4n) is 4.50. The van der Waals surface area contributed by atoms with Crippen molar-refractivity contribution in [3.05, 3.63) is 86.5 Å². The van der Waals surface area contributed by atoms with E-state index in [0.717, 1.165) is 12.1 Å². The average molecular weight is 512 g/mol. The largest absolute Gasteiger partial charge is 0.466 e. The molecule has 192 valence electrons. The van der Waals surface area contributed by atoms with Gasteiger partial charge in [0.25, 0.3) is 0 Å². The van der Waals surface area contributed by atoms with E-state index in [1.165, 1.54) is 28.7 Å². The molecule has 9 nitrogen and oxygen atoms in total. The first-order valence-electron chi connectivity index (χ1n) is 11.1. The van der Waals surface area contributed by atoms with Gasteiger partial charge in [0, 0.05) is 17.9 Å². The van der Waals surface area contributed by atoms with E-state index in [0.29, 0.717) is 23.2 Å². The number of H-pyrrole nitrogens is 1. The van der Waals surface area contributed by atoms with Crippen molar-refractivity contribution < 1.29 is 22.7 Å². The molecular weight excluding hydrogens is 489 g/mol. The number of fused-ring (bicyclic) bond motifs is 1. The summed E-state index contributed by atoms with van der Waals surface area (Å²) < 4.78 is 46.7. The lowest BCUT2D eigenvalue weighted by molar-refractivity contribution is -0.138. The predicted octanol–water partition coefficient (Wildman–Crippen LogP) is 3.71. The quantitative estimate of drug-likeness (QED) is 0.520. The summed E-state index contributed by atoms with van der Waals surface area (Å²) in [4.78, 5) is 29.4. The summed E-state index contributed by atoms with van der Waals surface area (Å²) in [6.45, 7) is 1.94. The minimum absolute atomic E-state index is 0.000333. The van der Waals surface area contributed by atoms with Crippen LogP contribution in [0.5, 0.6) is 0 Å². The zero-order valence-corrected chi connectivity index (χ0v) is 20.4. The fraction of sp³-hybridized carbons (Fsp3) is 0.280. The number of aromatic nitrogens is 3. The summed E-state index contributed by atoms with van der Waals surface area (Å²) in [7, 11) is 4.84. The van der Waals surface area contributed by atoms with Crippen molar-refractivity contribution in [2.24, 2.45) is 0 Å². The van der Waals surface area contributed by atoms with Gasteiger partial charge < -0.3 is 9.64 Å². The molecule has 1 aromatic heterocycles. The summed E-state index contributed by atoms with van der Waals surface area (Å²) in [6.07, 6.45) is -4.61. The second-order valence-electron chi connectivity index (χ2n) is 8.74.